The molecule has 6 atom stereocenters. The molecule has 45 heavy (non-hydrogen) atoms. The smallest absolute Gasteiger partial charge is 0.190 e. The number of rotatable bonds is 7. The predicted molar refractivity (Wildman–Crippen MR) is 177 cm³/mol. The summed E-state index contributed by atoms with van der Waals surface area (Å²) in [7, 11) is 0. The summed E-state index contributed by atoms with van der Waals surface area (Å²) in [5.41, 5.74) is 1.33. The van der Waals surface area contributed by atoms with Crippen LogP contribution in [0.4, 0.5) is 0 Å². The third-order valence-corrected chi connectivity index (χ3v) is 10.4. The molecule has 0 aliphatic heterocycles. The molecular weight excluding hydrogens is 560 g/mol. The first-order valence-corrected chi connectivity index (χ1v) is 15.7. The summed E-state index contributed by atoms with van der Waals surface area (Å²) >= 11 is 0. The minimum Gasteiger partial charge on any atom is -0.388 e. The Morgan fingerprint density at radius 3 is 1.93 bits per heavy atom. The summed E-state index contributed by atoms with van der Waals surface area (Å²) in [5.74, 6) is 3.53. The van der Waals surface area contributed by atoms with E-state index in [2.05, 4.69) is 48.1 Å². The highest BCUT2D eigenvalue weighted by molar-refractivity contribution is 6.05. The zero-order valence-electron chi connectivity index (χ0n) is 26.2. The van der Waals surface area contributed by atoms with Crippen molar-refractivity contribution in [3.05, 3.63) is 143 Å². The standard InChI is InChI=1S/C39H42N2O4/c1-25(2)35-32-22-28(23-37(43)34(20-26(3)36(37)42)38(32,44)27(4)21-33(35)41-40)24-45-39(29-14-8-5-9-15-29,30-16-10-6-11-17-30)31-18-12-7-13-19-31/h5-20,22,27,32,34-35,43-44H,1,21,23-24,40H2,2-4H3/t27-,32+,34-,35+,37-,38-/m1/s1. The van der Waals surface area contributed by atoms with Crippen LogP contribution in [0.3, 0.4) is 0 Å². The van der Waals surface area contributed by atoms with E-state index in [4.69, 9.17) is 10.6 Å². The molecule has 0 radical (unpaired) electrons. The van der Waals surface area contributed by atoms with Crippen molar-refractivity contribution in [2.75, 3.05) is 6.61 Å². The van der Waals surface area contributed by atoms with Gasteiger partial charge in [0.05, 0.1) is 12.2 Å². The SMILES string of the molecule is C=C(C)[C@@H]1C(=NN)C[C@@H](C)[C@@]2(O)[C@H]1C=C(COC(c1ccccc1)(c1ccccc1)c1ccccc1)C[C@]1(O)C(=O)C(C)=C[C@@H]21. The number of nitrogens with zero attached hydrogens (tertiary/aromatic N) is 1. The van der Waals surface area contributed by atoms with Gasteiger partial charge in [-0.2, -0.15) is 5.10 Å². The number of hydrazone groups is 1. The highest BCUT2D eigenvalue weighted by Crippen LogP contribution is 2.56. The molecule has 0 spiro atoms. The van der Waals surface area contributed by atoms with Crippen LogP contribution in [0.15, 0.2) is 132 Å². The number of ether oxygens (including phenoxy) is 1. The molecule has 3 aromatic carbocycles. The van der Waals surface area contributed by atoms with E-state index >= 15 is 0 Å². The van der Waals surface area contributed by atoms with Crippen molar-refractivity contribution in [1.29, 1.82) is 0 Å². The first-order valence-electron chi connectivity index (χ1n) is 15.7. The lowest BCUT2D eigenvalue weighted by atomic mass is 9.56. The lowest BCUT2D eigenvalue weighted by Crippen LogP contribution is -2.62. The Morgan fingerprint density at radius 1 is 0.956 bits per heavy atom. The van der Waals surface area contributed by atoms with Crippen LogP contribution in [0.1, 0.15) is 50.3 Å². The minimum atomic E-state index is -1.82. The number of nitrogens with two attached hydrogens (primary N) is 1. The molecule has 0 bridgehead atoms. The molecule has 1 saturated carbocycles. The molecule has 0 saturated heterocycles. The van der Waals surface area contributed by atoms with Crippen molar-refractivity contribution in [3.8, 4) is 0 Å². The average molecular weight is 603 g/mol. The Bertz CT molecular complexity index is 1580. The van der Waals surface area contributed by atoms with Crippen LogP contribution in [0.2, 0.25) is 0 Å². The monoisotopic (exact) mass is 602 g/mol. The fourth-order valence-corrected chi connectivity index (χ4v) is 8.25. The molecule has 3 aromatic rings. The van der Waals surface area contributed by atoms with E-state index in [0.29, 0.717) is 12.0 Å². The topological polar surface area (TPSA) is 105 Å². The summed E-state index contributed by atoms with van der Waals surface area (Å²) in [4.78, 5) is 13.7. The number of Topliss-reactive ketones (excluding diaryl/α,β-unsaturated/α-hetero) is 1. The van der Waals surface area contributed by atoms with Gasteiger partial charge in [-0.05, 0) is 54.0 Å². The van der Waals surface area contributed by atoms with Crippen LogP contribution in [-0.2, 0) is 15.1 Å². The van der Waals surface area contributed by atoms with Crippen LogP contribution in [0, 0.1) is 23.7 Å². The molecule has 232 valence electrons. The Morgan fingerprint density at radius 2 is 1.47 bits per heavy atom. The van der Waals surface area contributed by atoms with Gasteiger partial charge in [0.1, 0.15) is 11.2 Å². The predicted octanol–water partition coefficient (Wildman–Crippen LogP) is 6.10. The highest BCUT2D eigenvalue weighted by atomic mass is 16.5. The Kier molecular flexibility index (Phi) is 8.02. The van der Waals surface area contributed by atoms with Crippen LogP contribution in [-0.4, -0.2) is 39.5 Å². The van der Waals surface area contributed by atoms with Gasteiger partial charge in [0, 0.05) is 29.9 Å². The van der Waals surface area contributed by atoms with Gasteiger partial charge in [0.15, 0.2) is 5.78 Å². The first-order chi connectivity index (χ1) is 21.6. The summed E-state index contributed by atoms with van der Waals surface area (Å²) in [6.45, 7) is 9.94. The molecule has 4 N–H and O–H groups in total. The molecule has 0 aromatic heterocycles. The lowest BCUT2D eigenvalue weighted by molar-refractivity contribution is -0.164. The molecule has 3 aliphatic carbocycles. The number of carbonyl (C=O) groups is 1. The van der Waals surface area contributed by atoms with Gasteiger partial charge in [0.2, 0.25) is 0 Å². The Hall–Kier alpha value is -4.10. The van der Waals surface area contributed by atoms with Gasteiger partial charge >= 0.3 is 0 Å². The summed E-state index contributed by atoms with van der Waals surface area (Å²) in [6, 6.07) is 30.3. The van der Waals surface area contributed by atoms with Gasteiger partial charge in [-0.25, -0.2) is 0 Å². The van der Waals surface area contributed by atoms with Crippen molar-refractivity contribution in [3.63, 3.8) is 0 Å². The molecule has 6 rings (SSSR count). The number of aliphatic hydroxyl groups is 2. The van der Waals surface area contributed by atoms with Crippen molar-refractivity contribution >= 4 is 11.5 Å². The van der Waals surface area contributed by atoms with Gasteiger partial charge in [-0.15, -0.1) is 0 Å². The van der Waals surface area contributed by atoms with Crippen LogP contribution < -0.4 is 5.84 Å². The quantitative estimate of drug-likeness (QED) is 0.131. The number of carbonyl (C=O) groups excluding carboxylic acids is 1. The lowest BCUT2D eigenvalue weighted by Gasteiger charge is -2.52. The second-order valence-corrected chi connectivity index (χ2v) is 13.1. The van der Waals surface area contributed by atoms with Crippen LogP contribution in [0.5, 0.6) is 0 Å². The molecule has 0 heterocycles. The molecule has 6 nitrogen and oxygen atoms in total. The molecule has 3 aliphatic rings. The zero-order chi connectivity index (χ0) is 32.0. The van der Waals surface area contributed by atoms with E-state index in [1.165, 1.54) is 0 Å². The summed E-state index contributed by atoms with van der Waals surface area (Å²) < 4.78 is 7.16. The number of hydrogen-bond donors (Lipinski definition) is 3. The molecular formula is C39H42N2O4. The van der Waals surface area contributed by atoms with Gasteiger partial charge in [-0.1, -0.05) is 122 Å². The third kappa shape index (κ3) is 4.83. The molecule has 0 unspecified atom stereocenters. The van der Waals surface area contributed by atoms with E-state index in [0.717, 1.165) is 33.5 Å². The van der Waals surface area contributed by atoms with E-state index in [9.17, 15) is 15.0 Å². The van der Waals surface area contributed by atoms with Crippen molar-refractivity contribution in [2.45, 2.75) is 50.4 Å². The van der Waals surface area contributed by atoms with Crippen LogP contribution >= 0.6 is 0 Å². The zero-order valence-corrected chi connectivity index (χ0v) is 26.2. The fraction of sp³-hybridized carbons (Fsp3) is 0.333. The van der Waals surface area contributed by atoms with Gasteiger partial charge in [-0.3, -0.25) is 4.79 Å². The van der Waals surface area contributed by atoms with Crippen molar-refractivity contribution in [1.82, 2.24) is 0 Å². The average Bonchev–Trinajstić information content (AvgIpc) is 3.22. The van der Waals surface area contributed by atoms with Crippen molar-refractivity contribution in [2.24, 2.45) is 34.6 Å². The Balaban J connectivity index is 1.53. The number of fused-ring (bicyclic) bond motifs is 3. The van der Waals surface area contributed by atoms with E-state index in [1.807, 2.05) is 74.5 Å². The maximum atomic E-state index is 13.7. The van der Waals surface area contributed by atoms with Crippen molar-refractivity contribution < 1.29 is 19.7 Å². The van der Waals surface area contributed by atoms with E-state index < -0.39 is 28.6 Å². The summed E-state index contributed by atoms with van der Waals surface area (Å²) in [5, 5.41) is 29.2. The van der Waals surface area contributed by atoms with Crippen LogP contribution in [0.25, 0.3) is 0 Å². The highest BCUT2D eigenvalue weighted by Gasteiger charge is 2.64. The first kappa shape index (κ1) is 30.9. The van der Waals surface area contributed by atoms with Gasteiger partial charge < -0.3 is 20.8 Å². The normalized spacial score (nSPS) is 30.6. The maximum absolute atomic E-state index is 13.7. The number of ketones is 1. The molecule has 0 amide bonds. The largest absolute Gasteiger partial charge is 0.388 e. The van der Waals surface area contributed by atoms with E-state index in [-0.39, 0.29) is 30.6 Å². The maximum Gasteiger partial charge on any atom is 0.190 e. The fourth-order valence-electron chi connectivity index (χ4n) is 8.25. The van der Waals surface area contributed by atoms with Gasteiger partial charge in [0.25, 0.3) is 0 Å². The second kappa shape index (κ2) is 11.7. The Labute approximate surface area is 265 Å². The third-order valence-electron chi connectivity index (χ3n) is 10.4. The molecule has 6 heteroatoms. The second-order valence-electron chi connectivity index (χ2n) is 13.1. The number of allylic oxidation sites excluding steroid dienone is 1. The number of hydrogen-bond acceptors (Lipinski definition) is 6. The molecule has 1 fully saturated rings. The summed E-state index contributed by atoms with van der Waals surface area (Å²) in [6.07, 6.45) is 4.25. The van der Waals surface area contributed by atoms with E-state index in [1.54, 1.807) is 13.0 Å². The minimum absolute atomic E-state index is 0.0301. The number of benzene rings is 3.